The minimum atomic E-state index is -0.886. The maximum Gasteiger partial charge on any atom is 0.307 e. The van der Waals surface area contributed by atoms with E-state index >= 15 is 0 Å². The Morgan fingerprint density at radius 2 is 1.97 bits per heavy atom. The first-order valence-corrected chi connectivity index (χ1v) is 10.7. The lowest BCUT2D eigenvalue weighted by Gasteiger charge is -2.12. The van der Waals surface area contributed by atoms with Crippen molar-refractivity contribution in [3.8, 4) is 11.5 Å². The number of oxazole rings is 1. The number of carbonyl (C=O) groups is 1. The molecule has 0 bridgehead atoms. The summed E-state index contributed by atoms with van der Waals surface area (Å²) < 4.78 is 5.87. The quantitative estimate of drug-likeness (QED) is 0.340. The van der Waals surface area contributed by atoms with Crippen molar-refractivity contribution in [2.24, 2.45) is 5.73 Å². The molecule has 162 valence electrons. The molecule has 1 atom stereocenters. The number of aliphatic carboxylic acids is 1. The fourth-order valence-corrected chi connectivity index (χ4v) is 3.98. The van der Waals surface area contributed by atoms with Gasteiger partial charge in [0.2, 0.25) is 5.89 Å². The summed E-state index contributed by atoms with van der Waals surface area (Å²) in [5.74, 6) is -0.415. The number of aromatic nitrogens is 1. The summed E-state index contributed by atoms with van der Waals surface area (Å²) in [6.07, 6.45) is 3.71. The molecule has 3 aromatic carbocycles. The zero-order chi connectivity index (χ0) is 22.8. The van der Waals surface area contributed by atoms with Gasteiger partial charge < -0.3 is 15.3 Å². The van der Waals surface area contributed by atoms with Crippen LogP contribution in [0.5, 0.6) is 0 Å². The van der Waals surface area contributed by atoms with E-state index in [1.807, 2.05) is 43.3 Å². The topological polar surface area (TPSA) is 89.3 Å². The highest BCUT2D eigenvalue weighted by Gasteiger charge is 2.13. The third kappa shape index (κ3) is 4.86. The van der Waals surface area contributed by atoms with Crippen molar-refractivity contribution in [2.75, 3.05) is 0 Å². The summed E-state index contributed by atoms with van der Waals surface area (Å²) in [4.78, 5) is 15.5. The highest BCUT2D eigenvalue weighted by atomic mass is 35.5. The summed E-state index contributed by atoms with van der Waals surface area (Å²) in [6.45, 7) is 1.98. The third-order valence-electron chi connectivity index (χ3n) is 5.13. The van der Waals surface area contributed by atoms with Crippen molar-refractivity contribution in [3.05, 3.63) is 93.0 Å². The predicted molar refractivity (Wildman–Crippen MR) is 128 cm³/mol. The number of nitrogens with two attached hydrogens (primary N) is 1. The van der Waals surface area contributed by atoms with Gasteiger partial charge in [-0.2, -0.15) is 0 Å². The molecule has 0 saturated heterocycles. The Kier molecular flexibility index (Phi) is 6.33. The van der Waals surface area contributed by atoms with Crippen LogP contribution in [-0.4, -0.2) is 16.1 Å². The lowest BCUT2D eigenvalue weighted by atomic mass is 9.98. The predicted octanol–water partition coefficient (Wildman–Crippen LogP) is 6.45. The number of hydrogen-bond acceptors (Lipinski definition) is 4. The van der Waals surface area contributed by atoms with Gasteiger partial charge in [-0.3, -0.25) is 4.79 Å². The molecule has 0 aliphatic carbocycles. The average molecular weight is 467 g/mol. The van der Waals surface area contributed by atoms with E-state index in [9.17, 15) is 4.79 Å². The molecule has 1 aromatic heterocycles. The van der Waals surface area contributed by atoms with Crippen molar-refractivity contribution in [1.82, 2.24) is 4.98 Å². The van der Waals surface area contributed by atoms with E-state index in [-0.39, 0.29) is 12.5 Å². The molecule has 0 spiro atoms. The summed E-state index contributed by atoms with van der Waals surface area (Å²) in [5.41, 5.74) is 11.9. The van der Waals surface area contributed by atoms with Gasteiger partial charge in [0.05, 0.1) is 6.42 Å². The van der Waals surface area contributed by atoms with Crippen LogP contribution in [0, 0.1) is 6.92 Å². The first-order chi connectivity index (χ1) is 15.3. The molecule has 0 aliphatic heterocycles. The average Bonchev–Trinajstić information content (AvgIpc) is 3.16. The van der Waals surface area contributed by atoms with Gasteiger partial charge in [0, 0.05) is 21.7 Å². The first kappa shape index (κ1) is 22.1. The van der Waals surface area contributed by atoms with E-state index in [4.69, 9.17) is 38.5 Å². The number of carboxylic acids is 1. The van der Waals surface area contributed by atoms with Crippen LogP contribution in [0.4, 0.5) is 0 Å². The van der Waals surface area contributed by atoms with Gasteiger partial charge in [0.15, 0.2) is 5.58 Å². The van der Waals surface area contributed by atoms with Crippen LogP contribution >= 0.6 is 23.2 Å². The maximum atomic E-state index is 10.9. The van der Waals surface area contributed by atoms with Gasteiger partial charge in [-0.1, -0.05) is 53.6 Å². The number of hydrogen-bond donors (Lipinski definition) is 2. The Hall–Kier alpha value is -3.12. The summed E-state index contributed by atoms with van der Waals surface area (Å²) >= 11 is 12.2. The Morgan fingerprint density at radius 3 is 2.69 bits per heavy atom. The molecule has 7 heteroatoms. The van der Waals surface area contributed by atoms with Crippen molar-refractivity contribution < 1.29 is 14.3 Å². The summed E-state index contributed by atoms with van der Waals surface area (Å²) in [6, 6.07) is 16.1. The molecule has 4 rings (SSSR count). The highest BCUT2D eigenvalue weighted by molar-refractivity contribution is 6.35. The highest BCUT2D eigenvalue weighted by Crippen LogP contribution is 2.29. The van der Waals surface area contributed by atoms with Gasteiger partial charge in [0.25, 0.3) is 0 Å². The fourth-order valence-electron chi connectivity index (χ4n) is 3.51. The Labute approximate surface area is 195 Å². The van der Waals surface area contributed by atoms with Gasteiger partial charge in [-0.05, 0) is 65.6 Å². The zero-order valence-electron chi connectivity index (χ0n) is 17.2. The molecule has 0 saturated carbocycles. The summed E-state index contributed by atoms with van der Waals surface area (Å²) in [7, 11) is 0. The van der Waals surface area contributed by atoms with E-state index < -0.39 is 5.97 Å². The van der Waals surface area contributed by atoms with Crippen LogP contribution in [-0.2, 0) is 11.2 Å². The molecule has 0 radical (unpaired) electrons. The van der Waals surface area contributed by atoms with Crippen LogP contribution in [0.1, 0.15) is 28.3 Å². The second-order valence-corrected chi connectivity index (χ2v) is 8.36. The number of halogens is 2. The largest absolute Gasteiger partial charge is 0.481 e. The number of carboxylic acid groups (broad SMARTS) is 1. The molecule has 4 aromatic rings. The molecule has 0 aliphatic rings. The second kappa shape index (κ2) is 9.17. The van der Waals surface area contributed by atoms with Crippen molar-refractivity contribution in [1.29, 1.82) is 0 Å². The van der Waals surface area contributed by atoms with E-state index in [1.165, 1.54) is 0 Å². The lowest BCUT2D eigenvalue weighted by Crippen LogP contribution is -2.08. The standard InChI is InChI=1S/C25H20Cl2N2O3/c1-14-10-17(25-29-22-11-15(12-24(30)31)2-9-23(22)32-25)4-7-19(14)21(28)8-5-16-3-6-18(26)13-20(16)27/h2-11,13,21H,12,28H2,1H3,(H,30,31). The molecular weight excluding hydrogens is 447 g/mol. The fraction of sp³-hybridized carbons (Fsp3) is 0.120. The molecule has 3 N–H and O–H groups in total. The number of benzene rings is 3. The Balaban J connectivity index is 1.57. The van der Waals surface area contributed by atoms with E-state index in [1.54, 1.807) is 30.3 Å². The SMILES string of the molecule is Cc1cc(-c2nc3cc(CC(=O)O)ccc3o2)ccc1C(N)C=Cc1ccc(Cl)cc1Cl. The number of nitrogens with zero attached hydrogens (tertiary/aromatic N) is 1. The van der Waals surface area contributed by atoms with Crippen LogP contribution in [0.25, 0.3) is 28.6 Å². The molecule has 32 heavy (non-hydrogen) atoms. The van der Waals surface area contributed by atoms with Crippen LogP contribution in [0.15, 0.2) is 65.1 Å². The molecule has 0 amide bonds. The molecule has 1 heterocycles. The van der Waals surface area contributed by atoms with Crippen LogP contribution < -0.4 is 5.73 Å². The Morgan fingerprint density at radius 1 is 1.16 bits per heavy atom. The Bertz CT molecular complexity index is 1340. The molecule has 1 unspecified atom stereocenters. The number of fused-ring (bicyclic) bond motifs is 1. The second-order valence-electron chi connectivity index (χ2n) is 7.51. The normalized spacial score (nSPS) is 12.5. The van der Waals surface area contributed by atoms with Gasteiger partial charge in [-0.15, -0.1) is 0 Å². The minimum absolute atomic E-state index is 0.0570. The molecule has 5 nitrogen and oxygen atoms in total. The third-order valence-corrected chi connectivity index (χ3v) is 5.69. The van der Waals surface area contributed by atoms with Gasteiger partial charge >= 0.3 is 5.97 Å². The van der Waals surface area contributed by atoms with Crippen molar-refractivity contribution in [2.45, 2.75) is 19.4 Å². The lowest BCUT2D eigenvalue weighted by molar-refractivity contribution is -0.136. The number of rotatable bonds is 6. The van der Waals surface area contributed by atoms with E-state index in [2.05, 4.69) is 4.98 Å². The summed E-state index contributed by atoms with van der Waals surface area (Å²) in [5, 5.41) is 10.1. The van der Waals surface area contributed by atoms with Crippen LogP contribution in [0.3, 0.4) is 0 Å². The zero-order valence-corrected chi connectivity index (χ0v) is 18.7. The van der Waals surface area contributed by atoms with Gasteiger partial charge in [-0.25, -0.2) is 4.98 Å². The maximum absolute atomic E-state index is 10.9. The first-order valence-electron chi connectivity index (χ1n) is 9.91. The number of aryl methyl sites for hydroxylation is 1. The van der Waals surface area contributed by atoms with E-state index in [0.717, 1.165) is 22.3 Å². The minimum Gasteiger partial charge on any atom is -0.481 e. The monoisotopic (exact) mass is 466 g/mol. The van der Waals surface area contributed by atoms with Crippen LogP contribution in [0.2, 0.25) is 10.0 Å². The smallest absolute Gasteiger partial charge is 0.307 e. The molecule has 0 fully saturated rings. The van der Waals surface area contributed by atoms with E-state index in [0.29, 0.717) is 32.6 Å². The van der Waals surface area contributed by atoms with Gasteiger partial charge in [0.1, 0.15) is 5.52 Å². The van der Waals surface area contributed by atoms with Crippen molar-refractivity contribution in [3.63, 3.8) is 0 Å². The van der Waals surface area contributed by atoms with Crippen molar-refractivity contribution >= 4 is 46.3 Å². The molecular formula is C25H20Cl2N2O3.